The summed E-state index contributed by atoms with van der Waals surface area (Å²) in [6, 6.07) is 9.88. The molecule has 1 aromatic carbocycles. The number of rotatable bonds is 5. The van der Waals surface area contributed by atoms with Gasteiger partial charge in [-0.2, -0.15) is 0 Å². The molecule has 0 atom stereocenters. The quantitative estimate of drug-likeness (QED) is 0.774. The molecule has 0 unspecified atom stereocenters. The van der Waals surface area contributed by atoms with Crippen LogP contribution in [-0.2, 0) is 10.0 Å². The van der Waals surface area contributed by atoms with E-state index in [4.69, 9.17) is 9.26 Å². The Labute approximate surface area is 131 Å². The summed E-state index contributed by atoms with van der Waals surface area (Å²) in [6.07, 6.45) is 1.51. The van der Waals surface area contributed by atoms with Gasteiger partial charge in [0.2, 0.25) is 0 Å². The van der Waals surface area contributed by atoms with Crippen LogP contribution in [0.3, 0.4) is 0 Å². The van der Waals surface area contributed by atoms with Gasteiger partial charge in [0.15, 0.2) is 5.76 Å². The fraction of sp³-hybridized carbons (Fsp3) is 0.0714. The van der Waals surface area contributed by atoms with Crippen molar-refractivity contribution in [2.24, 2.45) is 0 Å². The summed E-state index contributed by atoms with van der Waals surface area (Å²) in [5.74, 6) is 1.19. The van der Waals surface area contributed by atoms with Gasteiger partial charge in [-0.15, -0.1) is 11.3 Å². The van der Waals surface area contributed by atoms with E-state index in [2.05, 4.69) is 9.88 Å². The lowest BCUT2D eigenvalue weighted by Gasteiger charge is -2.06. The molecule has 22 heavy (non-hydrogen) atoms. The maximum Gasteiger partial charge on any atom is 0.271 e. The molecule has 0 aliphatic rings. The second kappa shape index (κ2) is 5.82. The Hall–Kier alpha value is -2.32. The number of hydrogen-bond donors (Lipinski definition) is 1. The van der Waals surface area contributed by atoms with Crippen molar-refractivity contribution in [3.05, 3.63) is 48.0 Å². The summed E-state index contributed by atoms with van der Waals surface area (Å²) in [7, 11) is -2.09. The molecule has 8 heteroatoms. The van der Waals surface area contributed by atoms with E-state index >= 15 is 0 Å². The lowest BCUT2D eigenvalue weighted by molar-refractivity contribution is 0.415. The van der Waals surface area contributed by atoms with E-state index in [1.807, 2.05) is 0 Å². The molecular formula is C14H12N2O4S2. The van der Waals surface area contributed by atoms with Crippen molar-refractivity contribution < 1.29 is 17.7 Å². The van der Waals surface area contributed by atoms with Crippen molar-refractivity contribution in [3.8, 4) is 17.1 Å². The number of methoxy groups -OCH3 is 1. The van der Waals surface area contributed by atoms with Crippen LogP contribution in [0.2, 0.25) is 0 Å². The smallest absolute Gasteiger partial charge is 0.271 e. The zero-order chi connectivity index (χ0) is 15.6. The molecule has 3 aromatic rings. The van der Waals surface area contributed by atoms with Crippen LogP contribution in [0, 0.1) is 0 Å². The first-order valence-electron chi connectivity index (χ1n) is 6.25. The van der Waals surface area contributed by atoms with Crippen molar-refractivity contribution in [3.63, 3.8) is 0 Å². The van der Waals surface area contributed by atoms with Gasteiger partial charge in [-0.3, -0.25) is 4.72 Å². The Kier molecular flexibility index (Phi) is 3.86. The highest BCUT2D eigenvalue weighted by Crippen LogP contribution is 2.29. The number of benzene rings is 1. The standard InChI is InChI=1S/C14H12N2O4S2/c1-19-12-4-2-11(3-5-12)16-22(17,18)14-8-10(9-21-14)13-6-7-15-20-13/h2-9,16H,1H3. The van der Waals surface area contributed by atoms with Gasteiger partial charge < -0.3 is 9.26 Å². The highest BCUT2D eigenvalue weighted by atomic mass is 32.2. The Morgan fingerprint density at radius 2 is 2.00 bits per heavy atom. The predicted octanol–water partition coefficient (Wildman–Crippen LogP) is 3.21. The van der Waals surface area contributed by atoms with Gasteiger partial charge in [0.05, 0.1) is 13.3 Å². The summed E-state index contributed by atoms with van der Waals surface area (Å²) >= 11 is 1.12. The number of hydrogen-bond acceptors (Lipinski definition) is 6. The molecule has 0 bridgehead atoms. The molecule has 0 spiro atoms. The number of sulfonamides is 1. The molecule has 0 aliphatic heterocycles. The number of nitrogens with zero attached hydrogens (tertiary/aromatic N) is 1. The number of anilines is 1. The van der Waals surface area contributed by atoms with Gasteiger partial charge in [0.25, 0.3) is 10.0 Å². The molecule has 0 fully saturated rings. The molecule has 114 valence electrons. The van der Waals surface area contributed by atoms with Gasteiger partial charge in [0.1, 0.15) is 9.96 Å². The number of nitrogens with one attached hydrogen (secondary N) is 1. The summed E-state index contributed by atoms with van der Waals surface area (Å²) in [6.45, 7) is 0. The first kappa shape index (κ1) is 14.6. The van der Waals surface area contributed by atoms with Crippen LogP contribution in [0.5, 0.6) is 5.75 Å². The molecular weight excluding hydrogens is 324 g/mol. The number of aromatic nitrogens is 1. The van der Waals surface area contributed by atoms with Gasteiger partial charge in [-0.25, -0.2) is 8.42 Å². The SMILES string of the molecule is COc1ccc(NS(=O)(=O)c2cc(-c3ccno3)cs2)cc1. The predicted molar refractivity (Wildman–Crippen MR) is 83.6 cm³/mol. The van der Waals surface area contributed by atoms with Crippen LogP contribution < -0.4 is 9.46 Å². The molecule has 6 nitrogen and oxygen atoms in total. The number of ether oxygens (including phenoxy) is 1. The molecule has 1 N–H and O–H groups in total. The molecule has 0 saturated heterocycles. The highest BCUT2D eigenvalue weighted by Gasteiger charge is 2.18. The first-order valence-corrected chi connectivity index (χ1v) is 8.61. The normalized spacial score (nSPS) is 11.3. The summed E-state index contributed by atoms with van der Waals surface area (Å²) in [5, 5.41) is 5.32. The van der Waals surface area contributed by atoms with Crippen molar-refractivity contribution >= 4 is 27.0 Å². The van der Waals surface area contributed by atoms with Gasteiger partial charge >= 0.3 is 0 Å². The van der Waals surface area contributed by atoms with Gasteiger partial charge in [0, 0.05) is 22.7 Å². The Morgan fingerprint density at radius 1 is 1.23 bits per heavy atom. The first-order chi connectivity index (χ1) is 10.6. The lowest BCUT2D eigenvalue weighted by atomic mass is 10.3. The van der Waals surface area contributed by atoms with Crippen molar-refractivity contribution in [2.75, 3.05) is 11.8 Å². The molecule has 2 heterocycles. The maximum atomic E-state index is 12.4. The molecule has 0 amide bonds. The summed E-state index contributed by atoms with van der Waals surface area (Å²) < 4.78 is 37.5. The van der Waals surface area contributed by atoms with Crippen LogP contribution in [0.4, 0.5) is 5.69 Å². The van der Waals surface area contributed by atoms with Crippen LogP contribution in [0.1, 0.15) is 0 Å². The van der Waals surface area contributed by atoms with Gasteiger partial charge in [-0.05, 0) is 30.3 Å². The second-order valence-electron chi connectivity index (χ2n) is 4.37. The maximum absolute atomic E-state index is 12.4. The average molecular weight is 336 g/mol. The second-order valence-corrected chi connectivity index (χ2v) is 7.19. The minimum atomic E-state index is -3.64. The minimum Gasteiger partial charge on any atom is -0.497 e. The van der Waals surface area contributed by atoms with E-state index in [9.17, 15) is 8.42 Å². The minimum absolute atomic E-state index is 0.203. The third-order valence-electron chi connectivity index (χ3n) is 2.90. The third-order valence-corrected chi connectivity index (χ3v) is 5.73. The van der Waals surface area contributed by atoms with Crippen LogP contribution in [0.15, 0.2) is 56.7 Å². The third kappa shape index (κ3) is 2.97. The largest absolute Gasteiger partial charge is 0.497 e. The lowest BCUT2D eigenvalue weighted by Crippen LogP contribution is -2.11. The number of thiophene rings is 1. The molecule has 3 rings (SSSR count). The van der Waals surface area contributed by atoms with E-state index in [1.165, 1.54) is 6.20 Å². The molecule has 0 aliphatic carbocycles. The van der Waals surface area contributed by atoms with E-state index in [0.29, 0.717) is 22.8 Å². The Balaban J connectivity index is 1.83. The Morgan fingerprint density at radius 3 is 2.64 bits per heavy atom. The van der Waals surface area contributed by atoms with Crippen LogP contribution >= 0.6 is 11.3 Å². The topological polar surface area (TPSA) is 81.4 Å². The van der Waals surface area contributed by atoms with E-state index < -0.39 is 10.0 Å². The Bertz CT molecular complexity index is 853. The van der Waals surface area contributed by atoms with Crippen molar-refractivity contribution in [2.45, 2.75) is 4.21 Å². The summed E-state index contributed by atoms with van der Waals surface area (Å²) in [5.41, 5.74) is 1.15. The average Bonchev–Trinajstić information content (AvgIpc) is 3.19. The van der Waals surface area contributed by atoms with Gasteiger partial charge in [-0.1, -0.05) is 5.16 Å². The molecule has 2 aromatic heterocycles. The molecule has 0 saturated carbocycles. The van der Waals surface area contributed by atoms with Crippen molar-refractivity contribution in [1.29, 1.82) is 0 Å². The fourth-order valence-electron chi connectivity index (χ4n) is 1.82. The highest BCUT2D eigenvalue weighted by molar-refractivity contribution is 7.94. The molecule has 0 radical (unpaired) electrons. The van der Waals surface area contributed by atoms with E-state index in [0.717, 1.165) is 11.3 Å². The van der Waals surface area contributed by atoms with Crippen LogP contribution in [0.25, 0.3) is 11.3 Å². The monoisotopic (exact) mass is 336 g/mol. The van der Waals surface area contributed by atoms with Crippen molar-refractivity contribution in [1.82, 2.24) is 5.16 Å². The summed E-state index contributed by atoms with van der Waals surface area (Å²) in [4.78, 5) is 0. The zero-order valence-electron chi connectivity index (χ0n) is 11.5. The van der Waals surface area contributed by atoms with E-state index in [-0.39, 0.29) is 4.21 Å². The van der Waals surface area contributed by atoms with E-state index in [1.54, 1.807) is 48.9 Å². The zero-order valence-corrected chi connectivity index (χ0v) is 13.1. The fourth-order valence-corrected chi connectivity index (χ4v) is 4.04. The van der Waals surface area contributed by atoms with Crippen LogP contribution in [-0.4, -0.2) is 20.7 Å².